The van der Waals surface area contributed by atoms with Crippen LogP contribution in [0, 0.1) is 0 Å². The van der Waals surface area contributed by atoms with Crippen molar-refractivity contribution in [2.75, 3.05) is 13.7 Å². The van der Waals surface area contributed by atoms with Gasteiger partial charge >= 0.3 is 6.18 Å². The fraction of sp³-hybridized carbons (Fsp3) is 0.500. The standard InChI is InChI=1S/C10H13F3N2O3/c1-18-9-6(10(11,12)13)2-5(4-15-9)8(17)7(16)3-14/h2,4,7-8,16-17H,3,14H2,1H3. The molecule has 102 valence electrons. The van der Waals surface area contributed by atoms with Crippen molar-refractivity contribution >= 4 is 0 Å². The Kier molecular flexibility index (Phi) is 4.49. The van der Waals surface area contributed by atoms with Gasteiger partial charge in [0.2, 0.25) is 5.88 Å². The average molecular weight is 266 g/mol. The molecule has 5 nitrogen and oxygen atoms in total. The normalized spacial score (nSPS) is 15.3. The summed E-state index contributed by atoms with van der Waals surface area (Å²) in [7, 11) is 1.06. The summed E-state index contributed by atoms with van der Waals surface area (Å²) in [6.45, 7) is -0.283. The van der Waals surface area contributed by atoms with Gasteiger partial charge in [0.15, 0.2) is 0 Å². The molecule has 1 heterocycles. The van der Waals surface area contributed by atoms with E-state index in [1.54, 1.807) is 0 Å². The van der Waals surface area contributed by atoms with Crippen LogP contribution in [-0.2, 0) is 6.18 Å². The van der Waals surface area contributed by atoms with Crippen LogP contribution in [-0.4, -0.2) is 35.0 Å². The predicted octanol–water partition coefficient (Wildman–Crippen LogP) is 0.462. The molecule has 0 aliphatic carbocycles. The Labute approximate surface area is 101 Å². The van der Waals surface area contributed by atoms with Crippen molar-refractivity contribution in [1.82, 2.24) is 4.98 Å². The highest BCUT2D eigenvalue weighted by Gasteiger charge is 2.36. The van der Waals surface area contributed by atoms with Crippen LogP contribution in [0.3, 0.4) is 0 Å². The zero-order valence-corrected chi connectivity index (χ0v) is 9.48. The summed E-state index contributed by atoms with van der Waals surface area (Å²) in [5, 5.41) is 18.8. The molecule has 0 amide bonds. The van der Waals surface area contributed by atoms with Crippen molar-refractivity contribution in [3.63, 3.8) is 0 Å². The molecule has 0 saturated carbocycles. The molecule has 0 spiro atoms. The van der Waals surface area contributed by atoms with Gasteiger partial charge in [-0.2, -0.15) is 13.2 Å². The number of nitrogens with zero attached hydrogens (tertiary/aromatic N) is 1. The third-order valence-corrected chi connectivity index (χ3v) is 2.32. The van der Waals surface area contributed by atoms with Crippen molar-refractivity contribution in [1.29, 1.82) is 0 Å². The van der Waals surface area contributed by atoms with Crippen LogP contribution >= 0.6 is 0 Å². The smallest absolute Gasteiger partial charge is 0.421 e. The summed E-state index contributed by atoms with van der Waals surface area (Å²) >= 11 is 0. The zero-order chi connectivity index (χ0) is 13.9. The van der Waals surface area contributed by atoms with Crippen molar-refractivity contribution in [3.05, 3.63) is 23.4 Å². The van der Waals surface area contributed by atoms with Gasteiger partial charge in [-0.3, -0.25) is 0 Å². The number of hydrogen-bond acceptors (Lipinski definition) is 5. The van der Waals surface area contributed by atoms with E-state index < -0.39 is 29.8 Å². The third kappa shape index (κ3) is 3.09. The molecule has 0 aliphatic heterocycles. The van der Waals surface area contributed by atoms with Gasteiger partial charge in [0.25, 0.3) is 0 Å². The van der Waals surface area contributed by atoms with Crippen molar-refractivity contribution in [3.8, 4) is 5.88 Å². The highest BCUT2D eigenvalue weighted by Crippen LogP contribution is 2.36. The minimum absolute atomic E-state index is 0.180. The largest absolute Gasteiger partial charge is 0.481 e. The van der Waals surface area contributed by atoms with E-state index in [4.69, 9.17) is 5.73 Å². The molecule has 18 heavy (non-hydrogen) atoms. The number of rotatable bonds is 4. The maximum atomic E-state index is 12.7. The first kappa shape index (κ1) is 14.7. The molecule has 0 aromatic carbocycles. The van der Waals surface area contributed by atoms with E-state index in [1.807, 2.05) is 0 Å². The van der Waals surface area contributed by atoms with Crippen LogP contribution in [0.15, 0.2) is 12.3 Å². The molecular weight excluding hydrogens is 253 g/mol. The van der Waals surface area contributed by atoms with Gasteiger partial charge in [-0.15, -0.1) is 0 Å². The second-order valence-corrected chi connectivity index (χ2v) is 3.57. The maximum absolute atomic E-state index is 12.7. The van der Waals surface area contributed by atoms with Crippen molar-refractivity contribution < 1.29 is 28.1 Å². The molecule has 0 saturated heterocycles. The van der Waals surface area contributed by atoms with Gasteiger partial charge in [-0.25, -0.2) is 4.98 Å². The number of hydrogen-bond donors (Lipinski definition) is 3. The Morgan fingerprint density at radius 3 is 2.50 bits per heavy atom. The van der Waals surface area contributed by atoms with Crippen LogP contribution in [0.5, 0.6) is 5.88 Å². The first-order chi connectivity index (χ1) is 8.31. The number of aliphatic hydroxyl groups excluding tert-OH is 2. The molecule has 0 aliphatic rings. The fourth-order valence-electron chi connectivity index (χ4n) is 1.35. The van der Waals surface area contributed by atoms with E-state index >= 15 is 0 Å². The summed E-state index contributed by atoms with van der Waals surface area (Å²) in [6.07, 6.45) is -6.56. The van der Waals surface area contributed by atoms with Gasteiger partial charge in [0.05, 0.1) is 13.2 Å². The zero-order valence-electron chi connectivity index (χ0n) is 9.48. The lowest BCUT2D eigenvalue weighted by Gasteiger charge is -2.18. The molecule has 2 atom stereocenters. The first-order valence-electron chi connectivity index (χ1n) is 4.98. The average Bonchev–Trinajstić information content (AvgIpc) is 2.35. The Bertz CT molecular complexity index is 412. The molecule has 0 fully saturated rings. The van der Waals surface area contributed by atoms with Crippen LogP contribution in [0.1, 0.15) is 17.2 Å². The Hall–Kier alpha value is -1.38. The number of halogens is 3. The molecule has 8 heteroatoms. The topological polar surface area (TPSA) is 88.6 Å². The Morgan fingerprint density at radius 1 is 1.44 bits per heavy atom. The van der Waals surface area contributed by atoms with E-state index in [0.717, 1.165) is 13.3 Å². The molecule has 1 aromatic rings. The summed E-state index contributed by atoms with van der Waals surface area (Å²) < 4.78 is 42.5. The monoisotopic (exact) mass is 266 g/mol. The van der Waals surface area contributed by atoms with Crippen LogP contribution in [0.25, 0.3) is 0 Å². The number of aromatic nitrogens is 1. The summed E-state index contributed by atoms with van der Waals surface area (Å²) in [6, 6.07) is 0.676. The van der Waals surface area contributed by atoms with E-state index in [1.165, 1.54) is 0 Å². The molecular formula is C10H13F3N2O3. The van der Waals surface area contributed by atoms with Crippen LogP contribution < -0.4 is 10.5 Å². The Balaban J connectivity index is 3.18. The molecule has 1 rings (SSSR count). The lowest BCUT2D eigenvalue weighted by molar-refractivity contribution is -0.139. The fourth-order valence-corrected chi connectivity index (χ4v) is 1.35. The maximum Gasteiger partial charge on any atom is 0.421 e. The highest BCUT2D eigenvalue weighted by atomic mass is 19.4. The second kappa shape index (κ2) is 5.51. The number of aliphatic hydroxyl groups is 2. The van der Waals surface area contributed by atoms with Crippen LogP contribution in [0.2, 0.25) is 0 Å². The van der Waals surface area contributed by atoms with Gasteiger partial charge < -0.3 is 20.7 Å². The predicted molar refractivity (Wildman–Crippen MR) is 55.8 cm³/mol. The lowest BCUT2D eigenvalue weighted by atomic mass is 10.0. The van der Waals surface area contributed by atoms with Gasteiger partial charge in [-0.05, 0) is 6.07 Å². The van der Waals surface area contributed by atoms with Gasteiger partial charge in [-0.1, -0.05) is 0 Å². The minimum atomic E-state index is -4.66. The molecule has 0 bridgehead atoms. The summed E-state index contributed by atoms with van der Waals surface area (Å²) in [5.74, 6) is -0.597. The van der Waals surface area contributed by atoms with E-state index in [9.17, 15) is 23.4 Å². The highest BCUT2D eigenvalue weighted by molar-refractivity contribution is 5.33. The Morgan fingerprint density at radius 2 is 2.06 bits per heavy atom. The van der Waals surface area contributed by atoms with Gasteiger partial charge in [0.1, 0.15) is 11.7 Å². The second-order valence-electron chi connectivity index (χ2n) is 3.57. The molecule has 0 radical (unpaired) electrons. The summed E-state index contributed by atoms with van der Waals surface area (Å²) in [4.78, 5) is 3.45. The number of ether oxygens (including phenoxy) is 1. The first-order valence-corrected chi connectivity index (χ1v) is 4.98. The van der Waals surface area contributed by atoms with Gasteiger partial charge in [0, 0.05) is 18.3 Å². The number of methoxy groups -OCH3 is 1. The number of alkyl halides is 3. The lowest BCUT2D eigenvalue weighted by Crippen LogP contribution is -2.27. The minimum Gasteiger partial charge on any atom is -0.481 e. The van der Waals surface area contributed by atoms with E-state index in [0.29, 0.717) is 6.07 Å². The quantitative estimate of drug-likeness (QED) is 0.737. The van der Waals surface area contributed by atoms with E-state index in [-0.39, 0.29) is 12.1 Å². The van der Waals surface area contributed by atoms with Crippen molar-refractivity contribution in [2.45, 2.75) is 18.4 Å². The molecule has 4 N–H and O–H groups in total. The third-order valence-electron chi connectivity index (χ3n) is 2.32. The van der Waals surface area contributed by atoms with Crippen LogP contribution in [0.4, 0.5) is 13.2 Å². The number of nitrogens with two attached hydrogens (primary N) is 1. The molecule has 1 aromatic heterocycles. The number of pyridine rings is 1. The van der Waals surface area contributed by atoms with Crippen molar-refractivity contribution in [2.24, 2.45) is 5.73 Å². The SMILES string of the molecule is COc1ncc(C(O)C(O)CN)cc1C(F)(F)F. The van der Waals surface area contributed by atoms with E-state index in [2.05, 4.69) is 9.72 Å². The molecule has 2 unspecified atom stereocenters. The summed E-state index contributed by atoms with van der Waals surface area (Å²) in [5.41, 5.74) is 3.81.